The van der Waals surface area contributed by atoms with Crippen molar-refractivity contribution in [2.75, 3.05) is 39.6 Å². The summed E-state index contributed by atoms with van der Waals surface area (Å²) in [6, 6.07) is 29.9. The van der Waals surface area contributed by atoms with Gasteiger partial charge in [-0.3, -0.25) is 0 Å². The fourth-order valence-electron chi connectivity index (χ4n) is 7.01. The lowest BCUT2D eigenvalue weighted by molar-refractivity contribution is -0.294. The average Bonchev–Trinajstić information content (AvgIpc) is 4.09. The van der Waals surface area contributed by atoms with Gasteiger partial charge in [0.25, 0.3) is 0 Å². The largest absolute Gasteiger partial charge is 0.391 e. The SMILES string of the molecule is OCC1(n2ccnn2)CC(COCc2ccccc2)O1.OCC1(n2nccn2)CC(COCc2ccccc2)O1.OCC1(n2ncnn2)CC(COCc2ccccc2)O1. The number of aliphatic hydroxyl groups is 3. The highest BCUT2D eigenvalue weighted by Gasteiger charge is 2.50. The second-order valence-corrected chi connectivity index (χ2v) is 14.5. The summed E-state index contributed by atoms with van der Waals surface area (Å²) in [7, 11) is 0. The molecule has 318 valence electrons. The van der Waals surface area contributed by atoms with Crippen molar-refractivity contribution in [3.8, 4) is 0 Å². The summed E-state index contributed by atoms with van der Waals surface area (Å²) in [5.74, 6) is 0. The molecule has 3 fully saturated rings. The van der Waals surface area contributed by atoms with Crippen LogP contribution in [0.4, 0.5) is 0 Å². The van der Waals surface area contributed by atoms with Crippen molar-refractivity contribution in [2.45, 2.75) is 74.6 Å². The first kappa shape index (κ1) is 42.8. The van der Waals surface area contributed by atoms with Crippen LogP contribution in [0.1, 0.15) is 36.0 Å². The molecule has 0 radical (unpaired) electrons. The highest BCUT2D eigenvalue weighted by atomic mass is 16.6. The molecule has 6 atom stereocenters. The topological polar surface area (TPSA) is 221 Å². The van der Waals surface area contributed by atoms with E-state index in [4.69, 9.17) is 28.4 Å². The van der Waals surface area contributed by atoms with Crippen LogP contribution in [0.25, 0.3) is 0 Å². The van der Waals surface area contributed by atoms with Gasteiger partial charge in [-0.25, -0.2) is 4.68 Å². The minimum absolute atomic E-state index is 0.0185. The fourth-order valence-corrected chi connectivity index (χ4v) is 7.01. The van der Waals surface area contributed by atoms with Gasteiger partial charge >= 0.3 is 0 Å². The van der Waals surface area contributed by atoms with E-state index in [1.54, 1.807) is 29.5 Å². The van der Waals surface area contributed by atoms with Gasteiger partial charge < -0.3 is 43.7 Å². The van der Waals surface area contributed by atoms with Gasteiger partial charge in [0.1, 0.15) is 0 Å². The molecule has 19 heteroatoms. The van der Waals surface area contributed by atoms with Crippen molar-refractivity contribution >= 4 is 0 Å². The van der Waals surface area contributed by atoms with Gasteiger partial charge in [0, 0.05) is 25.5 Å². The Balaban J connectivity index is 0.000000136. The van der Waals surface area contributed by atoms with E-state index in [2.05, 4.69) is 35.9 Å². The van der Waals surface area contributed by atoms with Crippen molar-refractivity contribution in [1.82, 2.24) is 50.2 Å². The lowest BCUT2D eigenvalue weighted by atomic mass is 9.99. The highest BCUT2D eigenvalue weighted by Crippen LogP contribution is 2.38. The summed E-state index contributed by atoms with van der Waals surface area (Å²) in [5.41, 5.74) is 0.933. The van der Waals surface area contributed by atoms with E-state index in [0.717, 1.165) is 16.7 Å². The van der Waals surface area contributed by atoms with Crippen molar-refractivity contribution in [1.29, 1.82) is 0 Å². The number of aromatic nitrogens is 10. The van der Waals surface area contributed by atoms with Gasteiger partial charge in [0.15, 0.2) is 12.1 Å². The molecule has 3 aromatic heterocycles. The van der Waals surface area contributed by atoms with Crippen LogP contribution in [-0.4, -0.2) is 123 Å². The van der Waals surface area contributed by atoms with Crippen LogP contribution in [0.15, 0.2) is 122 Å². The molecular weight excluding hydrogens is 777 g/mol. The molecule has 6 heterocycles. The van der Waals surface area contributed by atoms with Crippen LogP contribution in [0.3, 0.4) is 0 Å². The normalized spacial score (nSPS) is 25.4. The third-order valence-electron chi connectivity index (χ3n) is 10.1. The first-order chi connectivity index (χ1) is 29.5. The van der Waals surface area contributed by atoms with Crippen molar-refractivity contribution in [3.05, 3.63) is 139 Å². The molecule has 0 aliphatic carbocycles. The van der Waals surface area contributed by atoms with Crippen LogP contribution in [0.2, 0.25) is 0 Å². The number of benzene rings is 3. The van der Waals surface area contributed by atoms with Gasteiger partial charge in [-0.1, -0.05) is 96.2 Å². The van der Waals surface area contributed by atoms with Crippen molar-refractivity contribution in [3.63, 3.8) is 0 Å². The Hall–Kier alpha value is -5.35. The zero-order valence-electron chi connectivity index (χ0n) is 33.0. The zero-order valence-corrected chi connectivity index (χ0v) is 33.0. The van der Waals surface area contributed by atoms with E-state index in [-0.39, 0.29) is 38.1 Å². The van der Waals surface area contributed by atoms with Crippen molar-refractivity contribution < 1.29 is 43.7 Å². The Kier molecular flexibility index (Phi) is 14.8. The van der Waals surface area contributed by atoms with Crippen LogP contribution < -0.4 is 0 Å². The molecule has 3 saturated heterocycles. The summed E-state index contributed by atoms with van der Waals surface area (Å²) in [5, 5.41) is 55.3. The fraction of sp³-hybridized carbons (Fsp3) is 0.439. The number of rotatable bonds is 18. The van der Waals surface area contributed by atoms with Crippen LogP contribution in [0, 0.1) is 0 Å². The number of tetrazole rings is 1. The Bertz CT molecular complexity index is 1810. The summed E-state index contributed by atoms with van der Waals surface area (Å²) < 4.78 is 35.6. The Morgan fingerprint density at radius 2 is 0.933 bits per heavy atom. The van der Waals surface area contributed by atoms with Crippen molar-refractivity contribution in [2.24, 2.45) is 0 Å². The number of ether oxygens (including phenoxy) is 6. The monoisotopic (exact) mass is 826 g/mol. The third kappa shape index (κ3) is 10.7. The Morgan fingerprint density at radius 3 is 1.30 bits per heavy atom. The zero-order chi connectivity index (χ0) is 41.5. The van der Waals surface area contributed by atoms with E-state index >= 15 is 0 Å². The molecule has 6 unspecified atom stereocenters. The third-order valence-corrected chi connectivity index (χ3v) is 10.1. The predicted octanol–water partition coefficient (Wildman–Crippen LogP) is 2.18. The molecule has 3 aliphatic rings. The number of hydrogen-bond acceptors (Lipinski definition) is 16. The molecular formula is C41H50N10O9. The second kappa shape index (κ2) is 20.8. The van der Waals surface area contributed by atoms with E-state index in [1.807, 2.05) is 91.0 Å². The van der Waals surface area contributed by atoms with Crippen LogP contribution in [-0.2, 0) is 65.4 Å². The minimum Gasteiger partial charge on any atom is -0.391 e. The maximum Gasteiger partial charge on any atom is 0.207 e. The van der Waals surface area contributed by atoms with E-state index in [9.17, 15) is 15.3 Å². The number of nitrogens with zero attached hydrogens (tertiary/aromatic N) is 10. The summed E-state index contributed by atoms with van der Waals surface area (Å²) in [6.07, 6.45) is 9.53. The summed E-state index contributed by atoms with van der Waals surface area (Å²) in [6.45, 7) is 2.72. The van der Waals surface area contributed by atoms with Gasteiger partial charge in [-0.05, 0) is 21.9 Å². The number of aliphatic hydroxyl groups excluding tert-OH is 3. The molecule has 3 aliphatic heterocycles. The van der Waals surface area contributed by atoms with Crippen LogP contribution in [0.5, 0.6) is 0 Å². The maximum atomic E-state index is 9.48. The van der Waals surface area contributed by atoms with E-state index in [1.165, 1.54) is 15.9 Å². The minimum atomic E-state index is -0.878. The Labute approximate surface area is 346 Å². The average molecular weight is 827 g/mol. The molecule has 3 N–H and O–H groups in total. The molecule has 19 nitrogen and oxygen atoms in total. The first-order valence-electron chi connectivity index (χ1n) is 19.7. The molecule has 6 aromatic rings. The van der Waals surface area contributed by atoms with Gasteiger partial charge in [-0.15, -0.1) is 24.9 Å². The lowest BCUT2D eigenvalue weighted by Crippen LogP contribution is -2.57. The van der Waals surface area contributed by atoms with Gasteiger partial charge in [0.2, 0.25) is 11.4 Å². The standard InChI is InChI=1S/2C14H17N3O3.C13H16N4O3/c18-11-14(17-7-6-15-16-17)8-13(20-14)10-19-9-12-4-2-1-3-5-12;18-11-14(17-15-6-7-16-17)8-13(20-14)10-19-9-12-4-2-1-3-5-12;18-9-13(17-15-10-14-16-17)6-12(20-13)8-19-7-11-4-2-1-3-5-11/h2*1-7,13,18H,8-11H2;1-5,10,12,18H,6-9H2. The number of hydrogen-bond donors (Lipinski definition) is 3. The van der Waals surface area contributed by atoms with Crippen LogP contribution >= 0.6 is 0 Å². The van der Waals surface area contributed by atoms with Gasteiger partial charge in [-0.2, -0.15) is 10.2 Å². The smallest absolute Gasteiger partial charge is 0.207 e. The second-order valence-electron chi connectivity index (χ2n) is 14.5. The highest BCUT2D eigenvalue weighted by molar-refractivity contribution is 5.15. The molecule has 0 spiro atoms. The predicted molar refractivity (Wildman–Crippen MR) is 210 cm³/mol. The quantitative estimate of drug-likeness (QED) is 0.113. The molecule has 0 amide bonds. The molecule has 0 saturated carbocycles. The first-order valence-corrected chi connectivity index (χ1v) is 19.7. The Morgan fingerprint density at radius 1 is 0.517 bits per heavy atom. The molecule has 9 rings (SSSR count). The molecule has 0 bridgehead atoms. The summed E-state index contributed by atoms with van der Waals surface area (Å²) in [4.78, 5) is 2.72. The van der Waals surface area contributed by atoms with E-state index in [0.29, 0.717) is 58.9 Å². The maximum absolute atomic E-state index is 9.48. The van der Waals surface area contributed by atoms with Gasteiger partial charge in [0.05, 0.1) is 96.4 Å². The lowest BCUT2D eigenvalue weighted by Gasteiger charge is -2.45. The van der Waals surface area contributed by atoms with E-state index < -0.39 is 17.2 Å². The summed E-state index contributed by atoms with van der Waals surface area (Å²) >= 11 is 0. The molecule has 60 heavy (non-hydrogen) atoms. The molecule has 3 aromatic carbocycles.